The summed E-state index contributed by atoms with van der Waals surface area (Å²) in [7, 11) is 1.88. The molecule has 3 nitrogen and oxygen atoms in total. The first kappa shape index (κ1) is 13.8. The second-order valence-corrected chi connectivity index (χ2v) is 5.37. The summed E-state index contributed by atoms with van der Waals surface area (Å²) in [5.41, 5.74) is 3.23. The standard InChI is InChI=1S/C17H17FN2O/c1-11-7-12(9-13(18)8-11)17(21)10-15-14-5-3-4-6-16(14)20(2)19-15/h3-9,17,21H,10H2,1-2H3. The Balaban J connectivity index is 1.94. The van der Waals surface area contributed by atoms with E-state index in [0.29, 0.717) is 12.0 Å². The highest BCUT2D eigenvalue weighted by molar-refractivity contribution is 5.81. The van der Waals surface area contributed by atoms with Gasteiger partial charge in [0.15, 0.2) is 0 Å². The molecule has 1 heterocycles. The third-order valence-electron chi connectivity index (χ3n) is 3.67. The molecule has 21 heavy (non-hydrogen) atoms. The van der Waals surface area contributed by atoms with Crippen molar-refractivity contribution in [1.29, 1.82) is 0 Å². The van der Waals surface area contributed by atoms with E-state index in [0.717, 1.165) is 22.2 Å². The predicted molar refractivity (Wildman–Crippen MR) is 80.5 cm³/mol. The first-order valence-corrected chi connectivity index (χ1v) is 6.90. The van der Waals surface area contributed by atoms with Crippen LogP contribution in [0, 0.1) is 12.7 Å². The van der Waals surface area contributed by atoms with Crippen molar-refractivity contribution in [3.63, 3.8) is 0 Å². The SMILES string of the molecule is Cc1cc(F)cc(C(O)Cc2nn(C)c3ccccc23)c1. The molecule has 0 saturated heterocycles. The highest BCUT2D eigenvalue weighted by Crippen LogP contribution is 2.24. The normalized spacial score (nSPS) is 12.8. The lowest BCUT2D eigenvalue weighted by Crippen LogP contribution is -2.04. The number of hydrogen-bond donors (Lipinski definition) is 1. The summed E-state index contributed by atoms with van der Waals surface area (Å²) >= 11 is 0. The van der Waals surface area contributed by atoms with Crippen molar-refractivity contribution >= 4 is 10.9 Å². The smallest absolute Gasteiger partial charge is 0.123 e. The second kappa shape index (κ2) is 5.30. The largest absolute Gasteiger partial charge is 0.388 e. The number of aliphatic hydroxyl groups is 1. The van der Waals surface area contributed by atoms with Crippen molar-refractivity contribution in [2.45, 2.75) is 19.4 Å². The van der Waals surface area contributed by atoms with Crippen LogP contribution in [0.2, 0.25) is 0 Å². The zero-order valence-electron chi connectivity index (χ0n) is 12.0. The minimum atomic E-state index is -0.766. The average Bonchev–Trinajstić information content (AvgIpc) is 2.75. The number of fused-ring (bicyclic) bond motifs is 1. The minimum Gasteiger partial charge on any atom is -0.388 e. The number of hydrogen-bond acceptors (Lipinski definition) is 2. The van der Waals surface area contributed by atoms with Gasteiger partial charge in [-0.1, -0.05) is 24.3 Å². The maximum atomic E-state index is 13.5. The lowest BCUT2D eigenvalue weighted by molar-refractivity contribution is 0.177. The van der Waals surface area contributed by atoms with E-state index in [4.69, 9.17) is 0 Å². The number of halogens is 1. The fourth-order valence-corrected chi connectivity index (χ4v) is 2.70. The Kier molecular flexibility index (Phi) is 3.47. The molecule has 1 atom stereocenters. The Bertz CT molecular complexity index is 774. The molecule has 1 unspecified atom stereocenters. The van der Waals surface area contributed by atoms with Gasteiger partial charge in [-0.25, -0.2) is 4.39 Å². The number of nitrogens with zero attached hydrogens (tertiary/aromatic N) is 2. The van der Waals surface area contributed by atoms with Gasteiger partial charge in [-0.15, -0.1) is 0 Å². The summed E-state index contributed by atoms with van der Waals surface area (Å²) in [5, 5.41) is 15.9. The summed E-state index contributed by atoms with van der Waals surface area (Å²) in [4.78, 5) is 0. The summed E-state index contributed by atoms with van der Waals surface area (Å²) in [5.74, 6) is -0.324. The van der Waals surface area contributed by atoms with Crippen molar-refractivity contribution < 1.29 is 9.50 Å². The molecule has 0 aliphatic rings. The molecule has 0 bridgehead atoms. The zero-order valence-corrected chi connectivity index (χ0v) is 12.0. The number of aromatic nitrogens is 2. The van der Waals surface area contributed by atoms with Gasteiger partial charge in [0.05, 0.1) is 17.3 Å². The van der Waals surface area contributed by atoms with Crippen LogP contribution in [0.5, 0.6) is 0 Å². The molecule has 0 saturated carbocycles. The first-order chi connectivity index (χ1) is 10.0. The second-order valence-electron chi connectivity index (χ2n) is 5.37. The minimum absolute atomic E-state index is 0.324. The zero-order chi connectivity index (χ0) is 15.0. The van der Waals surface area contributed by atoms with Gasteiger partial charge < -0.3 is 5.11 Å². The quantitative estimate of drug-likeness (QED) is 0.801. The molecule has 2 aromatic carbocycles. The van der Waals surface area contributed by atoms with Gasteiger partial charge in [0.2, 0.25) is 0 Å². The molecule has 1 aromatic heterocycles. The van der Waals surface area contributed by atoms with Gasteiger partial charge in [-0.05, 0) is 36.2 Å². The Morgan fingerprint density at radius 3 is 2.76 bits per heavy atom. The molecule has 0 spiro atoms. The van der Waals surface area contributed by atoms with Crippen molar-refractivity contribution in [3.8, 4) is 0 Å². The third kappa shape index (κ3) is 2.67. The van der Waals surface area contributed by atoms with E-state index in [2.05, 4.69) is 5.10 Å². The van der Waals surface area contributed by atoms with Gasteiger partial charge in [-0.2, -0.15) is 5.10 Å². The highest BCUT2D eigenvalue weighted by atomic mass is 19.1. The van der Waals surface area contributed by atoms with E-state index in [1.165, 1.54) is 12.1 Å². The van der Waals surface area contributed by atoms with Gasteiger partial charge >= 0.3 is 0 Å². The molecule has 1 N–H and O–H groups in total. The van der Waals surface area contributed by atoms with Crippen LogP contribution >= 0.6 is 0 Å². The first-order valence-electron chi connectivity index (χ1n) is 6.90. The van der Waals surface area contributed by atoms with Gasteiger partial charge in [0, 0.05) is 18.9 Å². The number of aliphatic hydroxyl groups excluding tert-OH is 1. The van der Waals surface area contributed by atoms with Crippen LogP contribution in [0.1, 0.15) is 22.9 Å². The number of rotatable bonds is 3. The summed E-state index contributed by atoms with van der Waals surface area (Å²) in [6, 6.07) is 12.5. The van der Waals surface area contributed by atoms with Crippen LogP contribution in [-0.2, 0) is 13.5 Å². The molecule has 0 radical (unpaired) electrons. The number of benzene rings is 2. The Hall–Kier alpha value is -2.20. The topological polar surface area (TPSA) is 38.1 Å². The van der Waals surface area contributed by atoms with Crippen molar-refractivity contribution in [2.24, 2.45) is 7.05 Å². The summed E-state index contributed by atoms with van der Waals surface area (Å²) < 4.78 is 15.3. The van der Waals surface area contributed by atoms with E-state index >= 15 is 0 Å². The molecule has 4 heteroatoms. The van der Waals surface area contributed by atoms with Crippen LogP contribution in [0.25, 0.3) is 10.9 Å². The van der Waals surface area contributed by atoms with Crippen LogP contribution in [0.4, 0.5) is 4.39 Å². The molecule has 0 fully saturated rings. The number of aryl methyl sites for hydroxylation is 2. The lowest BCUT2D eigenvalue weighted by Gasteiger charge is -2.11. The van der Waals surface area contributed by atoms with E-state index in [1.807, 2.05) is 38.2 Å². The predicted octanol–water partition coefficient (Wildman–Crippen LogP) is 3.30. The summed E-state index contributed by atoms with van der Waals surface area (Å²) in [6.07, 6.45) is -0.401. The van der Waals surface area contributed by atoms with Crippen molar-refractivity contribution in [1.82, 2.24) is 9.78 Å². The van der Waals surface area contributed by atoms with Crippen LogP contribution in [0.15, 0.2) is 42.5 Å². The fourth-order valence-electron chi connectivity index (χ4n) is 2.70. The van der Waals surface area contributed by atoms with Crippen molar-refractivity contribution in [2.75, 3.05) is 0 Å². The molecule has 108 valence electrons. The molecular weight excluding hydrogens is 267 g/mol. The van der Waals surface area contributed by atoms with E-state index in [-0.39, 0.29) is 5.82 Å². The molecule has 0 aliphatic heterocycles. The van der Waals surface area contributed by atoms with Crippen LogP contribution < -0.4 is 0 Å². The Labute approximate surface area is 122 Å². The van der Waals surface area contributed by atoms with E-state index in [1.54, 1.807) is 10.7 Å². The third-order valence-corrected chi connectivity index (χ3v) is 3.67. The maximum absolute atomic E-state index is 13.5. The average molecular weight is 284 g/mol. The van der Waals surface area contributed by atoms with E-state index < -0.39 is 6.10 Å². The van der Waals surface area contributed by atoms with Gasteiger partial charge in [0.1, 0.15) is 5.82 Å². The monoisotopic (exact) mass is 284 g/mol. The fraction of sp³-hybridized carbons (Fsp3) is 0.235. The Morgan fingerprint density at radius 2 is 2.00 bits per heavy atom. The van der Waals surface area contributed by atoms with Crippen LogP contribution in [-0.4, -0.2) is 14.9 Å². The van der Waals surface area contributed by atoms with Gasteiger partial charge in [0.25, 0.3) is 0 Å². The molecule has 3 rings (SSSR count). The molecule has 0 aliphatic carbocycles. The molecule has 0 amide bonds. The van der Waals surface area contributed by atoms with E-state index in [9.17, 15) is 9.50 Å². The molecule has 3 aromatic rings. The van der Waals surface area contributed by atoms with Crippen LogP contribution in [0.3, 0.4) is 0 Å². The molecular formula is C17H17FN2O. The lowest BCUT2D eigenvalue weighted by atomic mass is 10.0. The van der Waals surface area contributed by atoms with Gasteiger partial charge in [-0.3, -0.25) is 4.68 Å². The Morgan fingerprint density at radius 1 is 1.24 bits per heavy atom. The van der Waals surface area contributed by atoms with Crippen molar-refractivity contribution in [3.05, 3.63) is 65.1 Å². The maximum Gasteiger partial charge on any atom is 0.123 e. The highest BCUT2D eigenvalue weighted by Gasteiger charge is 2.15. The number of para-hydroxylation sites is 1. The summed E-state index contributed by atoms with van der Waals surface area (Å²) in [6.45, 7) is 1.81.